The van der Waals surface area contributed by atoms with Crippen LogP contribution in [0, 0.1) is 0 Å². The SMILES string of the molecule is CO[Si](C[N+]1(C(C)C)CCCC1)(OC)OC.O=S(=O)([N-]S(=O)(=O)C(F)(F)C(F)(F)F)C(F)(F)C(F)(F)F. The minimum Gasteiger partial charge on any atom is -0.425 e. The molecule has 0 aromatic carbocycles. The number of alkyl halides is 10. The largest absolute Gasteiger partial charge is 0.558 e. The van der Waals surface area contributed by atoms with Gasteiger partial charge in [-0.2, -0.15) is 43.9 Å². The molecular weight excluding hydrogens is 602 g/mol. The molecule has 0 N–H and O–H groups in total. The average molecular weight is 629 g/mol. The Bertz CT molecular complexity index is 901. The van der Waals surface area contributed by atoms with Crippen molar-refractivity contribution in [2.45, 2.75) is 55.6 Å². The number of halogens is 10. The zero-order valence-corrected chi connectivity index (χ0v) is 22.6. The van der Waals surface area contributed by atoms with Crippen molar-refractivity contribution in [1.82, 2.24) is 0 Å². The van der Waals surface area contributed by atoms with Crippen LogP contribution in [0.4, 0.5) is 43.9 Å². The number of hydrogen-bond acceptors (Lipinski definition) is 7. The Labute approximate surface area is 208 Å². The molecule has 224 valence electrons. The average Bonchev–Trinajstić information content (AvgIpc) is 3.20. The molecule has 0 spiro atoms. The number of hydrogen-bond donors (Lipinski definition) is 0. The molecule has 0 radical (unpaired) electrons. The van der Waals surface area contributed by atoms with Gasteiger partial charge in [-0.15, -0.1) is 0 Å². The van der Waals surface area contributed by atoms with Gasteiger partial charge in [0.05, 0.1) is 19.1 Å². The van der Waals surface area contributed by atoms with Crippen molar-refractivity contribution >= 4 is 28.9 Å². The summed E-state index contributed by atoms with van der Waals surface area (Å²) in [5, 5.41) is -14.0. The molecule has 0 amide bonds. The summed E-state index contributed by atoms with van der Waals surface area (Å²) in [5.74, 6) is 0. The van der Waals surface area contributed by atoms with Crippen molar-refractivity contribution < 1.29 is 78.5 Å². The van der Waals surface area contributed by atoms with E-state index >= 15 is 0 Å². The summed E-state index contributed by atoms with van der Waals surface area (Å²) in [6, 6.07) is 0.606. The van der Waals surface area contributed by atoms with Gasteiger partial charge in [0.2, 0.25) is 0 Å². The van der Waals surface area contributed by atoms with Crippen LogP contribution >= 0.6 is 0 Å². The number of nitrogens with zero attached hydrogens (tertiary/aromatic N) is 2. The minimum atomic E-state index is -7.62. The summed E-state index contributed by atoms with van der Waals surface area (Å²) in [6.07, 6.45) is -10.5. The van der Waals surface area contributed by atoms with Gasteiger partial charge in [0.25, 0.3) is 0 Å². The van der Waals surface area contributed by atoms with Crippen LogP contribution in [0.15, 0.2) is 0 Å². The van der Waals surface area contributed by atoms with Crippen molar-refractivity contribution in [3.63, 3.8) is 0 Å². The van der Waals surface area contributed by atoms with E-state index in [4.69, 9.17) is 13.3 Å². The predicted molar refractivity (Wildman–Crippen MR) is 109 cm³/mol. The van der Waals surface area contributed by atoms with Crippen LogP contribution in [0.2, 0.25) is 0 Å². The Morgan fingerprint density at radius 3 is 1.24 bits per heavy atom. The van der Waals surface area contributed by atoms with Crippen molar-refractivity contribution in [3.05, 3.63) is 4.13 Å². The van der Waals surface area contributed by atoms with E-state index in [2.05, 4.69) is 13.8 Å². The molecule has 0 aromatic rings. The zero-order valence-electron chi connectivity index (χ0n) is 20.0. The van der Waals surface area contributed by atoms with Gasteiger partial charge >= 0.3 is 31.7 Å². The Hall–Kier alpha value is -0.783. The van der Waals surface area contributed by atoms with Crippen LogP contribution in [0.1, 0.15) is 26.7 Å². The smallest absolute Gasteiger partial charge is 0.425 e. The molecule has 0 aliphatic carbocycles. The topological polar surface area (TPSA) is 110 Å². The number of rotatable bonds is 10. The second-order valence-corrected chi connectivity index (χ2v) is 14.4. The molecule has 1 rings (SSSR count). The van der Waals surface area contributed by atoms with Gasteiger partial charge in [-0.05, 0) is 13.8 Å². The predicted octanol–water partition coefficient (Wildman–Crippen LogP) is 3.75. The number of likely N-dealkylation sites (tertiary alicyclic amines) is 1. The number of sulfonamides is 2. The van der Waals surface area contributed by atoms with Crippen molar-refractivity contribution in [1.29, 1.82) is 0 Å². The summed E-state index contributed by atoms with van der Waals surface area (Å²) in [7, 11) is -12.6. The molecule has 9 nitrogen and oxygen atoms in total. The first-order valence-electron chi connectivity index (χ1n) is 9.88. The van der Waals surface area contributed by atoms with Gasteiger partial charge in [-0.1, -0.05) is 0 Å². The van der Waals surface area contributed by atoms with E-state index in [1.807, 2.05) is 0 Å². The standard InChI is InChI=1S/C11H26NO3Si.C4F10NO4S2/c1-11(2)12(8-6-7-9-12)10-16(13-3,14-4)15-5;5-1(6,7)3(11,12)20(16,17)15-21(18,19)4(13,14)2(8,9)10/h11H,6-10H2,1-5H3;/q+1;-1. The molecule has 0 unspecified atom stereocenters. The maximum absolute atomic E-state index is 12.3. The number of quaternary nitrogens is 1. The van der Waals surface area contributed by atoms with Gasteiger partial charge in [-0.3, -0.25) is 0 Å². The fraction of sp³-hybridized carbons (Fsp3) is 1.00. The van der Waals surface area contributed by atoms with Gasteiger partial charge in [0.15, 0.2) is 20.0 Å². The van der Waals surface area contributed by atoms with Crippen LogP contribution in [-0.4, -0.2) is 99.6 Å². The lowest BCUT2D eigenvalue weighted by Crippen LogP contribution is -2.63. The van der Waals surface area contributed by atoms with Crippen LogP contribution < -0.4 is 0 Å². The van der Waals surface area contributed by atoms with Crippen molar-refractivity contribution in [2.24, 2.45) is 0 Å². The van der Waals surface area contributed by atoms with Gasteiger partial charge in [-0.25, -0.2) is 16.8 Å². The van der Waals surface area contributed by atoms with E-state index in [1.165, 1.54) is 25.9 Å². The first-order chi connectivity index (χ1) is 16.2. The monoisotopic (exact) mass is 628 g/mol. The van der Waals surface area contributed by atoms with E-state index in [1.54, 1.807) is 21.3 Å². The lowest BCUT2D eigenvalue weighted by molar-refractivity contribution is -0.929. The third kappa shape index (κ3) is 7.66. The highest BCUT2D eigenvalue weighted by Gasteiger charge is 2.68. The summed E-state index contributed by atoms with van der Waals surface area (Å²) in [5.41, 5.74) is 0. The molecule has 0 atom stereocenters. The second-order valence-electron chi connectivity index (χ2n) is 7.97. The van der Waals surface area contributed by atoms with Gasteiger partial charge in [0, 0.05) is 34.2 Å². The molecule has 1 aliphatic rings. The summed E-state index contributed by atoms with van der Waals surface area (Å²) in [4.78, 5) is 0. The first kappa shape index (κ1) is 36.2. The molecule has 1 aliphatic heterocycles. The Balaban J connectivity index is 0.000000724. The molecule has 1 heterocycles. The van der Waals surface area contributed by atoms with Gasteiger partial charge in [0.1, 0.15) is 6.17 Å². The zero-order chi connectivity index (χ0) is 29.9. The minimum absolute atomic E-state index is 0.422. The molecule has 1 saturated heterocycles. The molecule has 0 saturated carbocycles. The molecule has 0 bridgehead atoms. The van der Waals surface area contributed by atoms with Crippen LogP contribution in [0.5, 0.6) is 0 Å². The molecule has 0 aromatic heterocycles. The van der Waals surface area contributed by atoms with E-state index in [0.717, 1.165) is 10.7 Å². The summed E-state index contributed by atoms with van der Waals surface area (Å²) < 4.78 is 179. The third-order valence-electron chi connectivity index (χ3n) is 5.50. The summed E-state index contributed by atoms with van der Waals surface area (Å²) in [6.45, 7) is 7.02. The molecular formula is C15H26F10N2O7S2Si. The van der Waals surface area contributed by atoms with Crippen LogP contribution in [0.3, 0.4) is 0 Å². The Morgan fingerprint density at radius 2 is 1.03 bits per heavy atom. The highest BCUT2D eigenvalue weighted by Crippen LogP contribution is 2.47. The molecule has 1 fully saturated rings. The second kappa shape index (κ2) is 11.8. The molecule has 22 heteroatoms. The van der Waals surface area contributed by atoms with Crippen molar-refractivity contribution in [2.75, 3.05) is 40.6 Å². The fourth-order valence-electron chi connectivity index (χ4n) is 3.17. The van der Waals surface area contributed by atoms with Gasteiger partial charge < -0.3 is 21.9 Å². The molecule has 37 heavy (non-hydrogen) atoms. The third-order valence-corrected chi connectivity index (χ3v) is 11.7. The van der Waals surface area contributed by atoms with E-state index in [9.17, 15) is 60.7 Å². The van der Waals surface area contributed by atoms with E-state index < -0.39 is 51.7 Å². The fourth-order valence-corrected chi connectivity index (χ4v) is 7.87. The normalized spacial score (nSPS) is 18.1. The maximum Gasteiger partial charge on any atom is 0.558 e. The lowest BCUT2D eigenvalue weighted by Gasteiger charge is -2.42. The highest BCUT2D eigenvalue weighted by molar-refractivity contribution is 8.13. The van der Waals surface area contributed by atoms with E-state index in [0.29, 0.717) is 10.2 Å². The van der Waals surface area contributed by atoms with Crippen LogP contribution in [-0.2, 0) is 33.3 Å². The van der Waals surface area contributed by atoms with E-state index in [-0.39, 0.29) is 0 Å². The first-order valence-corrected chi connectivity index (χ1v) is 14.7. The quantitative estimate of drug-likeness (QED) is 0.206. The Morgan fingerprint density at radius 1 is 0.730 bits per heavy atom. The maximum atomic E-state index is 12.3. The Kier molecular flexibility index (Phi) is 11.5. The lowest BCUT2D eigenvalue weighted by atomic mass is 10.3. The highest BCUT2D eigenvalue weighted by atomic mass is 32.3. The van der Waals surface area contributed by atoms with Crippen LogP contribution in [0.25, 0.3) is 4.13 Å². The summed E-state index contributed by atoms with van der Waals surface area (Å²) >= 11 is 0. The van der Waals surface area contributed by atoms with Crippen molar-refractivity contribution in [3.8, 4) is 0 Å².